The maximum absolute atomic E-state index is 12.3. The van der Waals surface area contributed by atoms with Crippen LogP contribution in [-0.2, 0) is 4.79 Å². The minimum absolute atomic E-state index is 0.0623. The first-order valence-corrected chi connectivity index (χ1v) is 9.10. The van der Waals surface area contributed by atoms with E-state index in [4.69, 9.17) is 0 Å². The standard InChI is InChI=1S/C19H20BrN3O2/c20-15-5-9-16(10-6-15)21-13-18(24)22-17-7-3-14(4-8-17)19(25)23-11-1-2-12-23/h3-10,21H,1-2,11-13H2,(H,22,24). The van der Waals surface area contributed by atoms with Crippen LogP contribution in [0.5, 0.6) is 0 Å². The van der Waals surface area contributed by atoms with Gasteiger partial charge in [-0.2, -0.15) is 0 Å². The lowest BCUT2D eigenvalue weighted by Crippen LogP contribution is -2.27. The van der Waals surface area contributed by atoms with Crippen molar-refractivity contribution in [2.24, 2.45) is 0 Å². The molecule has 2 amide bonds. The number of halogens is 1. The summed E-state index contributed by atoms with van der Waals surface area (Å²) in [6.45, 7) is 1.84. The van der Waals surface area contributed by atoms with E-state index >= 15 is 0 Å². The summed E-state index contributed by atoms with van der Waals surface area (Å²) in [6, 6.07) is 14.7. The predicted octanol–water partition coefficient (Wildman–Crippen LogP) is 3.74. The molecule has 2 aromatic carbocycles. The third kappa shape index (κ3) is 4.82. The van der Waals surface area contributed by atoms with Crippen LogP contribution in [0.1, 0.15) is 23.2 Å². The van der Waals surface area contributed by atoms with E-state index in [1.807, 2.05) is 29.2 Å². The molecule has 1 saturated heterocycles. The van der Waals surface area contributed by atoms with E-state index in [0.717, 1.165) is 36.1 Å². The van der Waals surface area contributed by atoms with Crippen LogP contribution in [0, 0.1) is 0 Å². The zero-order valence-electron chi connectivity index (χ0n) is 13.8. The molecule has 2 N–H and O–H groups in total. The molecule has 1 fully saturated rings. The highest BCUT2D eigenvalue weighted by Crippen LogP contribution is 2.16. The summed E-state index contributed by atoms with van der Waals surface area (Å²) in [5, 5.41) is 5.89. The fourth-order valence-corrected chi connectivity index (χ4v) is 3.02. The molecule has 1 aliphatic heterocycles. The number of rotatable bonds is 5. The van der Waals surface area contributed by atoms with Crippen molar-refractivity contribution in [2.45, 2.75) is 12.8 Å². The molecule has 3 rings (SSSR count). The average Bonchev–Trinajstić information content (AvgIpc) is 3.16. The zero-order chi connectivity index (χ0) is 17.6. The number of nitrogens with one attached hydrogen (secondary N) is 2. The minimum Gasteiger partial charge on any atom is -0.376 e. The number of amides is 2. The van der Waals surface area contributed by atoms with E-state index in [0.29, 0.717) is 11.3 Å². The largest absolute Gasteiger partial charge is 0.376 e. The molecule has 0 saturated carbocycles. The Morgan fingerprint density at radius 2 is 1.52 bits per heavy atom. The maximum atomic E-state index is 12.3. The van der Waals surface area contributed by atoms with Crippen LogP contribution in [0.25, 0.3) is 0 Å². The van der Waals surface area contributed by atoms with Gasteiger partial charge in [0, 0.05) is 34.5 Å². The Kier molecular flexibility index (Phi) is 5.71. The van der Waals surface area contributed by atoms with Gasteiger partial charge in [-0.15, -0.1) is 0 Å². The molecular weight excluding hydrogens is 382 g/mol. The molecule has 6 heteroatoms. The molecule has 0 aromatic heterocycles. The Morgan fingerprint density at radius 1 is 0.920 bits per heavy atom. The summed E-state index contributed by atoms with van der Waals surface area (Å²) in [6.07, 6.45) is 2.15. The third-order valence-electron chi connectivity index (χ3n) is 4.11. The van der Waals surface area contributed by atoms with Crippen LogP contribution in [0.15, 0.2) is 53.0 Å². The van der Waals surface area contributed by atoms with Crippen molar-refractivity contribution in [3.63, 3.8) is 0 Å². The number of anilines is 2. The van der Waals surface area contributed by atoms with E-state index in [2.05, 4.69) is 26.6 Å². The van der Waals surface area contributed by atoms with Crippen molar-refractivity contribution >= 4 is 39.1 Å². The van der Waals surface area contributed by atoms with Gasteiger partial charge in [0.05, 0.1) is 6.54 Å². The quantitative estimate of drug-likeness (QED) is 0.801. The molecule has 0 unspecified atom stereocenters. The number of nitrogens with zero attached hydrogens (tertiary/aromatic N) is 1. The Labute approximate surface area is 155 Å². The Hall–Kier alpha value is -2.34. The van der Waals surface area contributed by atoms with Crippen LogP contribution in [-0.4, -0.2) is 36.3 Å². The summed E-state index contributed by atoms with van der Waals surface area (Å²) < 4.78 is 0.992. The fraction of sp³-hybridized carbons (Fsp3) is 0.263. The summed E-state index contributed by atoms with van der Waals surface area (Å²) in [7, 11) is 0. The number of hydrogen-bond acceptors (Lipinski definition) is 3. The average molecular weight is 402 g/mol. The monoisotopic (exact) mass is 401 g/mol. The lowest BCUT2D eigenvalue weighted by atomic mass is 10.2. The van der Waals surface area contributed by atoms with E-state index in [9.17, 15) is 9.59 Å². The fourth-order valence-electron chi connectivity index (χ4n) is 2.75. The molecule has 25 heavy (non-hydrogen) atoms. The molecule has 0 spiro atoms. The maximum Gasteiger partial charge on any atom is 0.253 e. The first-order valence-electron chi connectivity index (χ1n) is 8.30. The lowest BCUT2D eigenvalue weighted by Gasteiger charge is -2.15. The number of likely N-dealkylation sites (tertiary alicyclic amines) is 1. The predicted molar refractivity (Wildman–Crippen MR) is 103 cm³/mol. The van der Waals surface area contributed by atoms with Crippen LogP contribution < -0.4 is 10.6 Å². The SMILES string of the molecule is O=C(CNc1ccc(Br)cc1)Nc1ccc(C(=O)N2CCCC2)cc1. The van der Waals surface area contributed by atoms with Crippen LogP contribution >= 0.6 is 15.9 Å². The summed E-state index contributed by atoms with van der Waals surface area (Å²) >= 11 is 3.37. The van der Waals surface area contributed by atoms with Crippen molar-refractivity contribution < 1.29 is 9.59 Å². The van der Waals surface area contributed by atoms with Crippen molar-refractivity contribution in [1.82, 2.24) is 4.90 Å². The Bertz CT molecular complexity index is 738. The Balaban J connectivity index is 1.51. The zero-order valence-corrected chi connectivity index (χ0v) is 15.4. The van der Waals surface area contributed by atoms with Crippen molar-refractivity contribution in [1.29, 1.82) is 0 Å². The van der Waals surface area contributed by atoms with Gasteiger partial charge in [-0.25, -0.2) is 0 Å². The molecule has 0 atom stereocenters. The second-order valence-corrected chi connectivity index (χ2v) is 6.90. The summed E-state index contributed by atoms with van der Waals surface area (Å²) in [4.78, 5) is 26.2. The van der Waals surface area contributed by atoms with E-state index in [1.54, 1.807) is 24.3 Å². The lowest BCUT2D eigenvalue weighted by molar-refractivity contribution is -0.114. The van der Waals surface area contributed by atoms with Gasteiger partial charge in [-0.05, 0) is 61.4 Å². The number of carbonyl (C=O) groups is 2. The van der Waals surface area contributed by atoms with E-state index in [-0.39, 0.29) is 18.4 Å². The first kappa shape index (κ1) is 17.5. The first-order chi connectivity index (χ1) is 12.1. The minimum atomic E-state index is -0.137. The highest BCUT2D eigenvalue weighted by atomic mass is 79.9. The highest BCUT2D eigenvalue weighted by molar-refractivity contribution is 9.10. The normalized spacial score (nSPS) is 13.6. The van der Waals surface area contributed by atoms with Gasteiger partial charge in [-0.1, -0.05) is 15.9 Å². The number of hydrogen-bond donors (Lipinski definition) is 2. The molecule has 130 valence electrons. The number of benzene rings is 2. The molecule has 0 aliphatic carbocycles. The van der Waals surface area contributed by atoms with Crippen molar-refractivity contribution in [2.75, 3.05) is 30.3 Å². The number of carbonyl (C=O) groups excluding carboxylic acids is 2. The molecule has 1 aliphatic rings. The van der Waals surface area contributed by atoms with E-state index in [1.165, 1.54) is 0 Å². The van der Waals surface area contributed by atoms with Crippen molar-refractivity contribution in [3.05, 3.63) is 58.6 Å². The van der Waals surface area contributed by atoms with Gasteiger partial charge in [0.2, 0.25) is 5.91 Å². The van der Waals surface area contributed by atoms with Gasteiger partial charge in [-0.3, -0.25) is 9.59 Å². The van der Waals surface area contributed by atoms with Crippen LogP contribution in [0.3, 0.4) is 0 Å². The van der Waals surface area contributed by atoms with Crippen LogP contribution in [0.4, 0.5) is 11.4 Å². The molecular formula is C19H20BrN3O2. The van der Waals surface area contributed by atoms with Gasteiger partial charge in [0.15, 0.2) is 0 Å². The van der Waals surface area contributed by atoms with E-state index < -0.39 is 0 Å². The highest BCUT2D eigenvalue weighted by Gasteiger charge is 2.19. The second-order valence-electron chi connectivity index (χ2n) is 5.99. The molecule has 1 heterocycles. The van der Waals surface area contributed by atoms with Crippen molar-refractivity contribution in [3.8, 4) is 0 Å². The second kappa shape index (κ2) is 8.16. The molecule has 0 bridgehead atoms. The van der Waals surface area contributed by atoms with Gasteiger partial charge in [0.25, 0.3) is 5.91 Å². The van der Waals surface area contributed by atoms with Crippen LogP contribution in [0.2, 0.25) is 0 Å². The molecule has 2 aromatic rings. The smallest absolute Gasteiger partial charge is 0.253 e. The summed E-state index contributed by atoms with van der Waals surface area (Å²) in [5.74, 6) is -0.0752. The van der Waals surface area contributed by atoms with Gasteiger partial charge >= 0.3 is 0 Å². The third-order valence-corrected chi connectivity index (χ3v) is 4.63. The molecule has 0 radical (unpaired) electrons. The summed E-state index contributed by atoms with van der Waals surface area (Å²) in [5.41, 5.74) is 2.22. The topological polar surface area (TPSA) is 61.4 Å². The van der Waals surface area contributed by atoms with Gasteiger partial charge in [0.1, 0.15) is 0 Å². The Morgan fingerprint density at radius 3 is 2.16 bits per heavy atom. The van der Waals surface area contributed by atoms with Gasteiger partial charge < -0.3 is 15.5 Å². The molecule has 5 nitrogen and oxygen atoms in total.